The monoisotopic (exact) mass is 734 g/mol. The molecule has 1 aliphatic heterocycles. The molecule has 1 aliphatic rings. The van der Waals surface area contributed by atoms with Crippen molar-refractivity contribution in [3.63, 3.8) is 0 Å². The Morgan fingerprint density at radius 1 is 0.941 bits per heavy atom. The number of urea groups is 1. The molecule has 1 atom stereocenters. The van der Waals surface area contributed by atoms with Crippen LogP contribution in [0.3, 0.4) is 0 Å². The molecular weight excluding hydrogens is 708 g/mol. The Morgan fingerprint density at radius 2 is 1.69 bits per heavy atom. The lowest BCUT2D eigenvalue weighted by atomic mass is 10.0. The van der Waals surface area contributed by atoms with E-state index in [1.54, 1.807) is 47.2 Å². The summed E-state index contributed by atoms with van der Waals surface area (Å²) < 4.78 is 25.9. The van der Waals surface area contributed by atoms with Crippen molar-refractivity contribution in [1.29, 1.82) is 0 Å². The van der Waals surface area contributed by atoms with Crippen LogP contribution in [0, 0.1) is 0 Å². The molecular formula is C31H27ClN10O8S. The van der Waals surface area contributed by atoms with Crippen molar-refractivity contribution in [3.05, 3.63) is 89.3 Å². The maximum atomic E-state index is 14.0. The van der Waals surface area contributed by atoms with Gasteiger partial charge in [-0.15, -0.1) is 5.10 Å². The number of sulfonamides is 1. The standard InChI is InChI=1S/C31H27ClN10O8S/c1-51(49,50)37-31(48)35-20-5-2-17(3-6-20)12-26(27(43)34-21-7-8-22-18(13-21)14-23(36-22)30(46)47)41-11-10-40(28(44)29(41)45)25-15-19(32)4-9-24(25)42-16-33-38-39-42/h2-9,13-16,26,36H,10-12H2,1H3,(H,34,43)(H,46,47)(H2,35,37,48)/t26-/m0/s1. The van der Waals surface area contributed by atoms with Crippen molar-refractivity contribution in [1.82, 2.24) is 34.8 Å². The number of halogens is 1. The maximum absolute atomic E-state index is 14.0. The smallest absolute Gasteiger partial charge is 0.352 e. The Labute approximate surface area is 293 Å². The third-order valence-corrected chi connectivity index (χ3v) is 8.59. The molecule has 0 spiro atoms. The number of rotatable bonds is 10. The number of carbonyl (C=O) groups excluding carboxylic acids is 4. The molecule has 1 saturated heterocycles. The number of anilines is 3. The van der Waals surface area contributed by atoms with Gasteiger partial charge in [0, 0.05) is 46.8 Å². The molecule has 5 amide bonds. The van der Waals surface area contributed by atoms with Gasteiger partial charge in [-0.3, -0.25) is 14.4 Å². The van der Waals surface area contributed by atoms with Gasteiger partial charge in [-0.25, -0.2) is 22.7 Å². The van der Waals surface area contributed by atoms with Crippen molar-refractivity contribution in [2.45, 2.75) is 12.5 Å². The van der Waals surface area contributed by atoms with Gasteiger partial charge in [0.15, 0.2) is 0 Å². The molecule has 0 unspecified atom stereocenters. The van der Waals surface area contributed by atoms with E-state index in [2.05, 4.69) is 31.1 Å². The second kappa shape index (κ2) is 13.9. The quantitative estimate of drug-likeness (QED) is 0.130. The Balaban J connectivity index is 1.27. The van der Waals surface area contributed by atoms with Crippen molar-refractivity contribution >= 4 is 79.3 Å². The van der Waals surface area contributed by atoms with Crippen LogP contribution in [0.15, 0.2) is 73.1 Å². The minimum absolute atomic E-state index is 0.0185. The zero-order chi connectivity index (χ0) is 36.4. The number of aromatic nitrogens is 5. The normalized spacial score (nSPS) is 14.0. The van der Waals surface area contributed by atoms with Gasteiger partial charge < -0.3 is 30.5 Å². The summed E-state index contributed by atoms with van der Waals surface area (Å²) >= 11 is 6.26. The predicted molar refractivity (Wildman–Crippen MR) is 183 cm³/mol. The summed E-state index contributed by atoms with van der Waals surface area (Å²) in [5.74, 6) is -3.68. The molecule has 3 aromatic carbocycles. The van der Waals surface area contributed by atoms with Crippen LogP contribution in [0.25, 0.3) is 16.6 Å². The van der Waals surface area contributed by atoms with Crippen LogP contribution in [0.4, 0.5) is 21.9 Å². The van der Waals surface area contributed by atoms with Crippen LogP contribution in [0.2, 0.25) is 5.02 Å². The van der Waals surface area contributed by atoms with E-state index in [4.69, 9.17) is 11.6 Å². The third-order valence-electron chi connectivity index (χ3n) is 7.79. The average Bonchev–Trinajstić information content (AvgIpc) is 3.76. The molecule has 6 rings (SSSR count). The van der Waals surface area contributed by atoms with Crippen LogP contribution in [0.5, 0.6) is 0 Å². The minimum Gasteiger partial charge on any atom is -0.477 e. The number of hydrogen-bond acceptors (Lipinski definition) is 10. The van der Waals surface area contributed by atoms with Crippen LogP contribution in [-0.2, 0) is 30.8 Å². The molecule has 262 valence electrons. The van der Waals surface area contributed by atoms with Crippen LogP contribution in [0.1, 0.15) is 16.1 Å². The molecule has 5 N–H and O–H groups in total. The van der Waals surface area contributed by atoms with E-state index < -0.39 is 45.8 Å². The zero-order valence-electron chi connectivity index (χ0n) is 26.4. The fraction of sp³-hybridized carbons (Fsp3) is 0.161. The van der Waals surface area contributed by atoms with Crippen molar-refractivity contribution in [2.75, 3.05) is 34.9 Å². The number of aromatic carboxylic acids is 1. The fourth-order valence-electron chi connectivity index (χ4n) is 5.52. The Bertz CT molecular complexity index is 2290. The predicted octanol–water partition coefficient (Wildman–Crippen LogP) is 2.00. The van der Waals surface area contributed by atoms with E-state index in [1.165, 1.54) is 45.1 Å². The van der Waals surface area contributed by atoms with E-state index in [0.29, 0.717) is 32.9 Å². The zero-order valence-corrected chi connectivity index (χ0v) is 28.0. The van der Waals surface area contributed by atoms with E-state index in [-0.39, 0.29) is 36.6 Å². The van der Waals surface area contributed by atoms with Gasteiger partial charge in [-0.2, -0.15) is 4.68 Å². The van der Waals surface area contributed by atoms with Crippen LogP contribution in [-0.4, -0.2) is 98.7 Å². The summed E-state index contributed by atoms with van der Waals surface area (Å²) in [4.78, 5) is 70.1. The number of hydrogen-bond donors (Lipinski definition) is 5. The van der Waals surface area contributed by atoms with Gasteiger partial charge in [0.25, 0.3) is 0 Å². The number of tetrazole rings is 1. The van der Waals surface area contributed by atoms with Gasteiger partial charge >= 0.3 is 23.8 Å². The second-order valence-corrected chi connectivity index (χ2v) is 13.6. The molecule has 2 aromatic heterocycles. The largest absolute Gasteiger partial charge is 0.477 e. The summed E-state index contributed by atoms with van der Waals surface area (Å²) in [5.41, 5.74) is 2.25. The van der Waals surface area contributed by atoms with E-state index >= 15 is 0 Å². The third kappa shape index (κ3) is 7.78. The lowest BCUT2D eigenvalue weighted by Crippen LogP contribution is -2.60. The number of carboxylic acid groups (broad SMARTS) is 1. The second-order valence-electron chi connectivity index (χ2n) is 11.4. The van der Waals surface area contributed by atoms with Gasteiger partial charge in [0.1, 0.15) is 18.1 Å². The van der Waals surface area contributed by atoms with Gasteiger partial charge in [0.2, 0.25) is 15.9 Å². The number of H-pyrrole nitrogens is 1. The lowest BCUT2D eigenvalue weighted by molar-refractivity contribution is -0.149. The van der Waals surface area contributed by atoms with E-state index in [0.717, 1.165) is 6.26 Å². The van der Waals surface area contributed by atoms with Crippen LogP contribution < -0.4 is 20.3 Å². The first-order valence-electron chi connectivity index (χ1n) is 15.0. The number of aromatic amines is 1. The SMILES string of the molecule is CS(=O)(=O)NC(=O)Nc1ccc(C[C@@H](C(=O)Nc2ccc3[nH]c(C(=O)O)cc3c2)N2CCN(c3cc(Cl)ccc3-n3cnnn3)C(=O)C2=O)cc1. The first-order chi connectivity index (χ1) is 24.3. The number of benzene rings is 3. The highest BCUT2D eigenvalue weighted by molar-refractivity contribution is 7.89. The molecule has 1 fully saturated rings. The highest BCUT2D eigenvalue weighted by Crippen LogP contribution is 2.30. The first kappa shape index (κ1) is 34.5. The van der Waals surface area contributed by atoms with Gasteiger partial charge in [-0.1, -0.05) is 23.7 Å². The van der Waals surface area contributed by atoms with E-state index in [1.807, 2.05) is 0 Å². The minimum atomic E-state index is -3.80. The molecule has 0 radical (unpaired) electrons. The Kier molecular flexibility index (Phi) is 9.39. The molecule has 20 heteroatoms. The molecule has 3 heterocycles. The highest BCUT2D eigenvalue weighted by Gasteiger charge is 2.40. The van der Waals surface area contributed by atoms with Gasteiger partial charge in [-0.05, 0) is 70.6 Å². The number of nitrogens with zero attached hydrogens (tertiary/aromatic N) is 6. The van der Waals surface area contributed by atoms with Gasteiger partial charge in [0.05, 0.1) is 17.6 Å². The summed E-state index contributed by atoms with van der Waals surface area (Å²) in [6, 6.07) is 14.7. The van der Waals surface area contributed by atoms with E-state index in [9.17, 15) is 37.5 Å². The molecule has 0 aliphatic carbocycles. The lowest BCUT2D eigenvalue weighted by Gasteiger charge is -2.38. The number of carboxylic acids is 1. The summed E-state index contributed by atoms with van der Waals surface area (Å²) in [7, 11) is -3.80. The molecule has 18 nitrogen and oxygen atoms in total. The molecule has 0 bridgehead atoms. The molecule has 0 saturated carbocycles. The number of nitrogens with one attached hydrogen (secondary N) is 4. The number of amides is 5. The number of fused-ring (bicyclic) bond motifs is 1. The highest BCUT2D eigenvalue weighted by atomic mass is 35.5. The first-order valence-corrected chi connectivity index (χ1v) is 17.2. The Morgan fingerprint density at radius 3 is 2.37 bits per heavy atom. The summed E-state index contributed by atoms with van der Waals surface area (Å²) in [6.07, 6.45) is 2.09. The van der Waals surface area contributed by atoms with Crippen molar-refractivity contribution in [3.8, 4) is 5.69 Å². The molecule has 51 heavy (non-hydrogen) atoms. The average molecular weight is 735 g/mol. The molecule has 5 aromatic rings. The van der Waals surface area contributed by atoms with Crippen molar-refractivity contribution in [2.24, 2.45) is 0 Å². The topological polar surface area (TPSA) is 242 Å². The summed E-state index contributed by atoms with van der Waals surface area (Å²) in [6.45, 7) is -0.0796. The number of piperazine rings is 1. The maximum Gasteiger partial charge on any atom is 0.352 e. The van der Waals surface area contributed by atoms with Crippen LogP contribution >= 0.6 is 11.6 Å². The van der Waals surface area contributed by atoms with Crippen molar-refractivity contribution < 1.29 is 37.5 Å². The Hall–Kier alpha value is -6.34. The summed E-state index contributed by atoms with van der Waals surface area (Å²) in [5, 5.41) is 26.5. The fourth-order valence-corrected chi connectivity index (χ4v) is 6.08. The number of carbonyl (C=O) groups is 5.